The van der Waals surface area contributed by atoms with Crippen molar-refractivity contribution in [1.29, 1.82) is 0 Å². The molecule has 0 aliphatic heterocycles. The number of hydrogen-bond acceptors (Lipinski definition) is 4. The Bertz CT molecular complexity index is 1200. The second kappa shape index (κ2) is 6.55. The molecule has 134 valence electrons. The average molecular weight is 389 g/mol. The molecule has 0 saturated carbocycles. The fourth-order valence-electron chi connectivity index (χ4n) is 3.05. The van der Waals surface area contributed by atoms with Crippen molar-refractivity contribution in [1.82, 2.24) is 3.97 Å². The number of nitrogen functional groups attached to an aromatic ring is 1. The van der Waals surface area contributed by atoms with Crippen molar-refractivity contribution in [2.45, 2.75) is 4.90 Å². The quantitative estimate of drug-likeness (QED) is 0.537. The number of anilines is 1. The van der Waals surface area contributed by atoms with E-state index in [1.807, 2.05) is 24.3 Å². The van der Waals surface area contributed by atoms with E-state index in [-0.39, 0.29) is 17.3 Å². The van der Waals surface area contributed by atoms with Crippen LogP contribution in [0, 0.1) is 0 Å². The number of ether oxygens (including phenoxy) is 1. The topological polar surface area (TPSA) is 74.3 Å². The summed E-state index contributed by atoms with van der Waals surface area (Å²) in [6.45, 7) is 0. The molecular weight excluding hydrogens is 372 g/mol. The van der Waals surface area contributed by atoms with Crippen molar-refractivity contribution < 1.29 is 13.2 Å². The lowest BCUT2D eigenvalue weighted by atomic mass is 10.1. The first kappa shape index (κ1) is 18.1. The Morgan fingerprint density at radius 3 is 2.23 bits per heavy atom. The minimum atomic E-state index is -3.76. The largest absolute Gasteiger partial charge is 0.497 e. The van der Waals surface area contributed by atoms with Gasteiger partial charge in [0.1, 0.15) is 5.75 Å². The highest BCUT2D eigenvalue weighted by Gasteiger charge is 2.23. The third-order valence-corrected chi connectivity index (χ3v) is 6.00. The maximum Gasteiger partial charge on any atom is 0.268 e. The van der Waals surface area contributed by atoms with Gasteiger partial charge in [-0.3, -0.25) is 0 Å². The van der Waals surface area contributed by atoms with E-state index < -0.39 is 10.0 Å². The molecule has 26 heavy (non-hydrogen) atoms. The van der Waals surface area contributed by atoms with Gasteiger partial charge in [0.2, 0.25) is 0 Å². The van der Waals surface area contributed by atoms with Crippen LogP contribution < -0.4 is 10.5 Å². The summed E-state index contributed by atoms with van der Waals surface area (Å²) >= 11 is 0. The summed E-state index contributed by atoms with van der Waals surface area (Å²) < 4.78 is 33.2. The van der Waals surface area contributed by atoms with Crippen molar-refractivity contribution in [2.75, 3.05) is 12.8 Å². The highest BCUT2D eigenvalue weighted by atomic mass is 35.5. The van der Waals surface area contributed by atoms with Crippen LogP contribution in [0.2, 0.25) is 0 Å². The lowest BCUT2D eigenvalue weighted by Gasteiger charge is -2.10. The van der Waals surface area contributed by atoms with Crippen LogP contribution in [0.15, 0.2) is 71.6 Å². The summed E-state index contributed by atoms with van der Waals surface area (Å²) in [4.78, 5) is 0.195. The Labute approximate surface area is 157 Å². The number of para-hydroxylation sites is 1. The predicted molar refractivity (Wildman–Crippen MR) is 107 cm³/mol. The number of fused-ring (bicyclic) bond motifs is 3. The minimum absolute atomic E-state index is 0. The molecule has 0 atom stereocenters. The average Bonchev–Trinajstić information content (AvgIpc) is 2.96. The van der Waals surface area contributed by atoms with E-state index in [0.29, 0.717) is 22.5 Å². The van der Waals surface area contributed by atoms with Gasteiger partial charge < -0.3 is 10.5 Å². The molecule has 0 aliphatic carbocycles. The molecule has 5 nitrogen and oxygen atoms in total. The van der Waals surface area contributed by atoms with Crippen LogP contribution in [0.5, 0.6) is 5.75 Å². The minimum Gasteiger partial charge on any atom is -0.497 e. The van der Waals surface area contributed by atoms with E-state index in [9.17, 15) is 8.42 Å². The molecule has 4 rings (SSSR count). The lowest BCUT2D eigenvalue weighted by molar-refractivity contribution is 0.415. The number of nitrogens with zero attached hydrogens (tertiary/aromatic N) is 1. The van der Waals surface area contributed by atoms with Gasteiger partial charge in [-0.25, -0.2) is 12.4 Å². The van der Waals surface area contributed by atoms with Gasteiger partial charge in [0, 0.05) is 16.5 Å². The molecule has 0 fully saturated rings. The number of methoxy groups -OCH3 is 1. The van der Waals surface area contributed by atoms with Gasteiger partial charge >= 0.3 is 0 Å². The molecule has 0 amide bonds. The van der Waals surface area contributed by atoms with Crippen molar-refractivity contribution in [3.63, 3.8) is 0 Å². The van der Waals surface area contributed by atoms with E-state index >= 15 is 0 Å². The van der Waals surface area contributed by atoms with Gasteiger partial charge in [-0.1, -0.05) is 18.2 Å². The summed E-state index contributed by atoms with van der Waals surface area (Å²) in [5.74, 6) is 0.681. The molecule has 2 N–H and O–H groups in total. The fraction of sp³-hybridized carbons (Fsp3) is 0.0526. The molecule has 7 heteroatoms. The Kier molecular flexibility index (Phi) is 4.56. The second-order valence-corrected chi connectivity index (χ2v) is 7.53. The van der Waals surface area contributed by atoms with Gasteiger partial charge in [-0.2, -0.15) is 0 Å². The fourth-order valence-corrected chi connectivity index (χ4v) is 4.57. The first-order chi connectivity index (χ1) is 12.0. The number of benzene rings is 3. The molecule has 0 spiro atoms. The highest BCUT2D eigenvalue weighted by Crippen LogP contribution is 2.34. The molecule has 0 unspecified atom stereocenters. The van der Waals surface area contributed by atoms with E-state index in [1.54, 1.807) is 37.4 Å². The molecule has 4 aromatic rings. The van der Waals surface area contributed by atoms with Crippen molar-refractivity contribution in [2.24, 2.45) is 0 Å². The van der Waals surface area contributed by atoms with Crippen LogP contribution in [0.1, 0.15) is 0 Å². The monoisotopic (exact) mass is 388 g/mol. The summed E-state index contributed by atoms with van der Waals surface area (Å²) in [5.41, 5.74) is 7.44. The molecule has 3 aromatic carbocycles. The van der Waals surface area contributed by atoms with Gasteiger partial charge in [0.15, 0.2) is 0 Å². The Hall–Kier alpha value is -2.70. The summed E-state index contributed by atoms with van der Waals surface area (Å²) in [6.07, 6.45) is 0. The molecule has 0 aliphatic rings. The SMILES string of the molecule is COc1ccc2c(c1)c1ccccc1n2S(=O)(=O)c1ccc(N)cc1.Cl. The third-order valence-electron chi connectivity index (χ3n) is 4.25. The zero-order valence-electron chi connectivity index (χ0n) is 13.9. The van der Waals surface area contributed by atoms with Crippen LogP contribution in [0.4, 0.5) is 5.69 Å². The summed E-state index contributed by atoms with van der Waals surface area (Å²) in [6, 6.07) is 19.0. The van der Waals surface area contributed by atoms with Gasteiger partial charge in [-0.15, -0.1) is 12.4 Å². The predicted octanol–water partition coefficient (Wildman–Crippen LogP) is 4.04. The van der Waals surface area contributed by atoms with E-state index in [0.717, 1.165) is 10.8 Å². The Morgan fingerprint density at radius 1 is 0.885 bits per heavy atom. The summed E-state index contributed by atoms with van der Waals surface area (Å²) in [5, 5.41) is 1.68. The van der Waals surface area contributed by atoms with Gasteiger partial charge in [0.25, 0.3) is 10.0 Å². The first-order valence-corrected chi connectivity index (χ1v) is 9.15. The van der Waals surface area contributed by atoms with Crippen LogP contribution in [-0.2, 0) is 10.0 Å². The number of halogens is 1. The van der Waals surface area contributed by atoms with E-state index in [2.05, 4.69) is 0 Å². The molecule has 0 radical (unpaired) electrons. The zero-order valence-corrected chi connectivity index (χ0v) is 15.5. The molecule has 1 aromatic heterocycles. The van der Waals surface area contributed by atoms with Crippen molar-refractivity contribution in [3.8, 4) is 5.75 Å². The number of rotatable bonds is 3. The van der Waals surface area contributed by atoms with Crippen molar-refractivity contribution >= 4 is 49.9 Å². The van der Waals surface area contributed by atoms with Crippen LogP contribution >= 0.6 is 12.4 Å². The van der Waals surface area contributed by atoms with Crippen molar-refractivity contribution in [3.05, 3.63) is 66.7 Å². The van der Waals surface area contributed by atoms with E-state index in [1.165, 1.54) is 16.1 Å². The zero-order chi connectivity index (χ0) is 17.6. The normalized spacial score (nSPS) is 11.4. The maximum atomic E-state index is 13.3. The summed E-state index contributed by atoms with van der Waals surface area (Å²) in [7, 11) is -2.18. The van der Waals surface area contributed by atoms with Gasteiger partial charge in [0.05, 0.1) is 23.0 Å². The highest BCUT2D eigenvalue weighted by molar-refractivity contribution is 7.90. The number of hydrogen-bond donors (Lipinski definition) is 1. The Morgan fingerprint density at radius 2 is 1.54 bits per heavy atom. The second-order valence-electron chi connectivity index (χ2n) is 5.74. The van der Waals surface area contributed by atoms with E-state index in [4.69, 9.17) is 10.5 Å². The molecular formula is C19H17ClN2O3S. The molecule has 0 saturated heterocycles. The number of nitrogens with two attached hydrogens (primary N) is 1. The standard InChI is InChI=1S/C19H16N2O3S.ClH/c1-24-14-8-11-19-17(12-14)16-4-2-3-5-18(16)21(19)25(22,23)15-9-6-13(20)7-10-15;/h2-12H,20H2,1H3;1H. The van der Waals surface area contributed by atoms with Crippen LogP contribution in [0.25, 0.3) is 21.8 Å². The number of aromatic nitrogens is 1. The third kappa shape index (κ3) is 2.67. The lowest BCUT2D eigenvalue weighted by Crippen LogP contribution is -2.12. The Balaban J connectivity index is 0.00000196. The first-order valence-electron chi connectivity index (χ1n) is 7.71. The smallest absolute Gasteiger partial charge is 0.268 e. The molecule has 0 bridgehead atoms. The van der Waals surface area contributed by atoms with Crippen LogP contribution in [-0.4, -0.2) is 19.5 Å². The van der Waals surface area contributed by atoms with Crippen LogP contribution in [0.3, 0.4) is 0 Å². The molecule has 1 heterocycles. The maximum absolute atomic E-state index is 13.3. The van der Waals surface area contributed by atoms with Gasteiger partial charge in [-0.05, 0) is 48.5 Å².